The Hall–Kier alpha value is -2.40. The van der Waals surface area contributed by atoms with Gasteiger partial charge in [-0.15, -0.1) is 13.2 Å². The number of sulfonamides is 1. The Morgan fingerprint density at radius 1 is 1.11 bits per heavy atom. The summed E-state index contributed by atoms with van der Waals surface area (Å²) in [5.74, 6) is 0.545. The van der Waals surface area contributed by atoms with Crippen LogP contribution in [0.25, 0.3) is 0 Å². The van der Waals surface area contributed by atoms with Crippen molar-refractivity contribution in [2.75, 3.05) is 13.1 Å². The highest BCUT2D eigenvalue weighted by atomic mass is 32.2. The summed E-state index contributed by atoms with van der Waals surface area (Å²) in [6.45, 7) is 2.21. The number of hydrogen-bond acceptors (Lipinski definition) is 6. The van der Waals surface area contributed by atoms with Gasteiger partial charge in [0.1, 0.15) is 17.7 Å². The molecule has 1 aromatic heterocycles. The van der Waals surface area contributed by atoms with Gasteiger partial charge in [0.25, 0.3) is 0 Å². The minimum absolute atomic E-state index is 0.0900. The van der Waals surface area contributed by atoms with Crippen LogP contribution in [0.15, 0.2) is 41.4 Å². The van der Waals surface area contributed by atoms with E-state index in [9.17, 15) is 21.6 Å². The fraction of sp³-hybridized carbons (Fsp3) is 0.412. The van der Waals surface area contributed by atoms with Crippen LogP contribution in [-0.4, -0.2) is 48.2 Å². The van der Waals surface area contributed by atoms with Crippen molar-refractivity contribution in [2.45, 2.75) is 37.1 Å². The Morgan fingerprint density at radius 3 is 2.32 bits per heavy atom. The molecular weight excluding hydrogens is 399 g/mol. The molecule has 0 radical (unpaired) electrons. The topological polar surface area (TPSA) is 81.6 Å². The Morgan fingerprint density at radius 2 is 1.75 bits per heavy atom. The van der Waals surface area contributed by atoms with Crippen LogP contribution in [0.4, 0.5) is 13.2 Å². The predicted molar refractivity (Wildman–Crippen MR) is 92.3 cm³/mol. The molecular formula is C17H18F3N3O4S. The SMILES string of the molecule is Cc1nccc(OC2CCN(S(=O)(=O)c3ccc(OC(F)(F)F)cc3)CC2)n1. The molecule has 0 aliphatic carbocycles. The molecule has 1 saturated heterocycles. The zero-order valence-corrected chi connectivity index (χ0v) is 15.7. The summed E-state index contributed by atoms with van der Waals surface area (Å²) >= 11 is 0. The van der Waals surface area contributed by atoms with Gasteiger partial charge in [-0.05, 0) is 44.0 Å². The van der Waals surface area contributed by atoms with Crippen molar-refractivity contribution in [1.82, 2.24) is 14.3 Å². The van der Waals surface area contributed by atoms with Crippen molar-refractivity contribution < 1.29 is 31.1 Å². The van der Waals surface area contributed by atoms with Crippen molar-refractivity contribution in [1.29, 1.82) is 0 Å². The first-order valence-corrected chi connectivity index (χ1v) is 9.90. The maximum absolute atomic E-state index is 12.7. The Balaban J connectivity index is 1.61. The van der Waals surface area contributed by atoms with Gasteiger partial charge in [-0.1, -0.05) is 0 Å². The molecule has 1 aliphatic heterocycles. The Kier molecular flexibility index (Phi) is 5.75. The summed E-state index contributed by atoms with van der Waals surface area (Å²) < 4.78 is 72.8. The maximum atomic E-state index is 12.7. The second kappa shape index (κ2) is 7.92. The van der Waals surface area contributed by atoms with E-state index in [-0.39, 0.29) is 24.1 Å². The molecule has 2 heterocycles. The summed E-state index contributed by atoms with van der Waals surface area (Å²) in [6, 6.07) is 5.80. The molecule has 0 bridgehead atoms. The lowest BCUT2D eigenvalue weighted by molar-refractivity contribution is -0.274. The number of hydrogen-bond donors (Lipinski definition) is 0. The van der Waals surface area contributed by atoms with Gasteiger partial charge in [0.15, 0.2) is 0 Å². The molecule has 0 amide bonds. The fourth-order valence-corrected chi connectivity index (χ4v) is 4.29. The third-order valence-corrected chi connectivity index (χ3v) is 6.05. The van der Waals surface area contributed by atoms with Gasteiger partial charge in [0, 0.05) is 25.4 Å². The van der Waals surface area contributed by atoms with E-state index in [4.69, 9.17) is 4.74 Å². The van der Waals surface area contributed by atoms with Gasteiger partial charge < -0.3 is 9.47 Å². The first-order valence-electron chi connectivity index (χ1n) is 8.46. The van der Waals surface area contributed by atoms with Crippen molar-refractivity contribution >= 4 is 10.0 Å². The average Bonchev–Trinajstić information content (AvgIpc) is 2.61. The lowest BCUT2D eigenvalue weighted by Gasteiger charge is -2.31. The monoisotopic (exact) mass is 417 g/mol. The number of nitrogens with zero attached hydrogens (tertiary/aromatic N) is 3. The molecule has 152 valence electrons. The quantitative estimate of drug-likeness (QED) is 0.744. The summed E-state index contributed by atoms with van der Waals surface area (Å²) in [5.41, 5.74) is 0. The fourth-order valence-electron chi connectivity index (χ4n) is 2.82. The third kappa shape index (κ3) is 5.10. The van der Waals surface area contributed by atoms with Crippen molar-refractivity contribution in [3.8, 4) is 11.6 Å². The van der Waals surface area contributed by atoms with Crippen molar-refractivity contribution in [2.24, 2.45) is 0 Å². The van der Waals surface area contributed by atoms with Crippen molar-refractivity contribution in [3.05, 3.63) is 42.4 Å². The average molecular weight is 417 g/mol. The Labute approximate surface area is 160 Å². The van der Waals surface area contributed by atoms with Crippen LogP contribution in [0.2, 0.25) is 0 Å². The molecule has 2 aromatic rings. The number of benzene rings is 1. The maximum Gasteiger partial charge on any atom is 0.573 e. The first kappa shape index (κ1) is 20.3. The summed E-state index contributed by atoms with van der Waals surface area (Å²) in [6.07, 6.45) is -2.48. The van der Waals surface area contributed by atoms with E-state index in [2.05, 4.69) is 14.7 Å². The third-order valence-electron chi connectivity index (χ3n) is 4.13. The van der Waals surface area contributed by atoms with Crippen LogP contribution in [0.5, 0.6) is 11.6 Å². The summed E-state index contributed by atoms with van der Waals surface area (Å²) in [5, 5.41) is 0. The summed E-state index contributed by atoms with van der Waals surface area (Å²) in [7, 11) is -3.81. The van der Waals surface area contributed by atoms with Crippen molar-refractivity contribution in [3.63, 3.8) is 0 Å². The van der Waals surface area contributed by atoms with Crippen LogP contribution >= 0.6 is 0 Å². The van der Waals surface area contributed by atoms with E-state index in [0.717, 1.165) is 24.3 Å². The lowest BCUT2D eigenvalue weighted by atomic mass is 10.1. The molecule has 11 heteroatoms. The van der Waals surface area contributed by atoms with E-state index in [0.29, 0.717) is 24.5 Å². The van der Waals surface area contributed by atoms with Crippen LogP contribution in [0.1, 0.15) is 18.7 Å². The number of aromatic nitrogens is 2. The molecule has 0 unspecified atom stereocenters. The highest BCUT2D eigenvalue weighted by molar-refractivity contribution is 7.89. The van der Waals surface area contributed by atoms with E-state index in [1.54, 1.807) is 19.2 Å². The molecule has 3 rings (SSSR count). The van der Waals surface area contributed by atoms with E-state index in [1.807, 2.05) is 0 Å². The highest BCUT2D eigenvalue weighted by Crippen LogP contribution is 2.27. The van der Waals surface area contributed by atoms with Gasteiger partial charge in [0.2, 0.25) is 15.9 Å². The zero-order chi connectivity index (χ0) is 20.4. The largest absolute Gasteiger partial charge is 0.573 e. The smallest absolute Gasteiger partial charge is 0.474 e. The molecule has 1 aliphatic rings. The van der Waals surface area contributed by atoms with Gasteiger partial charge >= 0.3 is 6.36 Å². The standard InChI is InChI=1S/C17H18F3N3O4S/c1-12-21-9-6-16(22-12)26-13-7-10-23(11-8-13)28(24,25)15-4-2-14(3-5-15)27-17(18,19)20/h2-6,9,13H,7-8,10-11H2,1H3. The Bertz CT molecular complexity index is 912. The molecule has 0 spiro atoms. The van der Waals surface area contributed by atoms with Crippen LogP contribution in [0, 0.1) is 6.92 Å². The minimum Gasteiger partial charge on any atom is -0.474 e. The first-order chi connectivity index (χ1) is 13.1. The second-order valence-electron chi connectivity index (χ2n) is 6.18. The van der Waals surface area contributed by atoms with E-state index < -0.39 is 22.1 Å². The van der Waals surface area contributed by atoms with Gasteiger partial charge in [-0.3, -0.25) is 0 Å². The minimum atomic E-state index is -4.83. The van der Waals surface area contributed by atoms with Crippen LogP contribution in [0.3, 0.4) is 0 Å². The molecule has 7 nitrogen and oxygen atoms in total. The van der Waals surface area contributed by atoms with E-state index >= 15 is 0 Å². The van der Waals surface area contributed by atoms with Crippen LogP contribution < -0.4 is 9.47 Å². The van der Waals surface area contributed by atoms with Gasteiger partial charge in [-0.2, -0.15) is 9.29 Å². The number of rotatable bonds is 5. The number of aryl methyl sites for hydroxylation is 1. The molecule has 0 atom stereocenters. The lowest BCUT2D eigenvalue weighted by Crippen LogP contribution is -2.41. The number of ether oxygens (including phenoxy) is 2. The zero-order valence-electron chi connectivity index (χ0n) is 14.9. The second-order valence-corrected chi connectivity index (χ2v) is 8.12. The van der Waals surface area contributed by atoms with Gasteiger partial charge in [0.05, 0.1) is 4.90 Å². The summed E-state index contributed by atoms with van der Waals surface area (Å²) in [4.78, 5) is 8.06. The molecule has 0 saturated carbocycles. The molecule has 0 N–H and O–H groups in total. The normalized spacial score (nSPS) is 16.7. The molecule has 1 fully saturated rings. The highest BCUT2D eigenvalue weighted by Gasteiger charge is 2.32. The number of halogens is 3. The van der Waals surface area contributed by atoms with E-state index in [1.165, 1.54) is 4.31 Å². The number of piperidine rings is 1. The molecule has 28 heavy (non-hydrogen) atoms. The predicted octanol–water partition coefficient (Wildman–Crippen LogP) is 2.92. The van der Waals surface area contributed by atoms with Crippen LogP contribution in [-0.2, 0) is 10.0 Å². The molecule has 1 aromatic carbocycles. The van der Waals surface area contributed by atoms with Gasteiger partial charge in [-0.25, -0.2) is 13.4 Å². The number of alkyl halides is 3.